The van der Waals surface area contributed by atoms with E-state index in [0.717, 1.165) is 0 Å². The van der Waals surface area contributed by atoms with E-state index in [1.807, 2.05) is 6.92 Å². The molecule has 1 aromatic rings. The molecule has 0 fully saturated rings. The summed E-state index contributed by atoms with van der Waals surface area (Å²) in [6.45, 7) is 6.28. The molecule has 6 heteroatoms. The first-order chi connectivity index (χ1) is 11.2. The molecule has 1 aromatic carbocycles. The molecule has 0 aliphatic carbocycles. The number of carboxylic acid groups (broad SMARTS) is 1. The molecule has 2 amide bonds. The maximum Gasteiger partial charge on any atom is 0.309 e. The van der Waals surface area contributed by atoms with Gasteiger partial charge in [0.05, 0.1) is 16.5 Å². The highest BCUT2D eigenvalue weighted by atomic mass is 16.4. The van der Waals surface area contributed by atoms with Gasteiger partial charge in [-0.2, -0.15) is 0 Å². The minimum Gasteiger partial charge on any atom is -0.481 e. The molecule has 0 bridgehead atoms. The van der Waals surface area contributed by atoms with Crippen LogP contribution >= 0.6 is 0 Å². The number of carboxylic acids is 1. The van der Waals surface area contributed by atoms with Gasteiger partial charge in [-0.05, 0) is 52.3 Å². The normalized spacial score (nSPS) is 15.5. The van der Waals surface area contributed by atoms with Gasteiger partial charge in [0.15, 0.2) is 0 Å². The zero-order valence-corrected chi connectivity index (χ0v) is 14.3. The summed E-state index contributed by atoms with van der Waals surface area (Å²) >= 11 is 0. The van der Waals surface area contributed by atoms with Gasteiger partial charge in [-0.25, -0.2) is 0 Å². The van der Waals surface area contributed by atoms with Crippen LogP contribution < -0.4 is 5.32 Å². The topological polar surface area (TPSA) is 86.7 Å². The van der Waals surface area contributed by atoms with Crippen molar-refractivity contribution in [3.05, 3.63) is 35.4 Å². The minimum atomic E-state index is -0.817. The van der Waals surface area contributed by atoms with Gasteiger partial charge in [0.25, 0.3) is 11.8 Å². The van der Waals surface area contributed by atoms with Crippen molar-refractivity contribution < 1.29 is 19.5 Å². The fraction of sp³-hybridized carbons (Fsp3) is 0.500. The molecular weight excluding hydrogens is 308 g/mol. The largest absolute Gasteiger partial charge is 0.481 e. The fourth-order valence-corrected chi connectivity index (χ4v) is 2.61. The van der Waals surface area contributed by atoms with E-state index in [-0.39, 0.29) is 17.9 Å². The van der Waals surface area contributed by atoms with Crippen molar-refractivity contribution in [2.24, 2.45) is 5.41 Å². The van der Waals surface area contributed by atoms with E-state index in [1.165, 1.54) is 4.90 Å². The van der Waals surface area contributed by atoms with Crippen molar-refractivity contribution in [3.8, 4) is 0 Å². The van der Waals surface area contributed by atoms with E-state index in [0.29, 0.717) is 37.1 Å². The third-order valence-electron chi connectivity index (χ3n) is 4.49. The molecule has 1 heterocycles. The molecular formula is C18H24N2O4. The van der Waals surface area contributed by atoms with Crippen LogP contribution in [-0.2, 0) is 4.79 Å². The van der Waals surface area contributed by atoms with Crippen LogP contribution in [0.2, 0.25) is 0 Å². The molecule has 1 aliphatic rings. The molecule has 0 saturated heterocycles. The van der Waals surface area contributed by atoms with Crippen LogP contribution in [0.3, 0.4) is 0 Å². The van der Waals surface area contributed by atoms with Gasteiger partial charge in [-0.15, -0.1) is 0 Å². The highest BCUT2D eigenvalue weighted by molar-refractivity contribution is 6.21. The number of rotatable bonds is 8. The monoisotopic (exact) mass is 332 g/mol. The van der Waals surface area contributed by atoms with Gasteiger partial charge < -0.3 is 10.4 Å². The molecule has 24 heavy (non-hydrogen) atoms. The lowest BCUT2D eigenvalue weighted by atomic mass is 9.89. The number of nitrogens with one attached hydrogen (secondary N) is 1. The number of benzene rings is 1. The number of fused-ring (bicyclic) bond motifs is 1. The van der Waals surface area contributed by atoms with E-state index >= 15 is 0 Å². The molecule has 1 aliphatic heterocycles. The summed E-state index contributed by atoms with van der Waals surface area (Å²) < 4.78 is 0. The Balaban J connectivity index is 1.81. The Hall–Kier alpha value is -2.21. The van der Waals surface area contributed by atoms with Gasteiger partial charge in [0.1, 0.15) is 0 Å². The van der Waals surface area contributed by atoms with Crippen LogP contribution in [0.4, 0.5) is 0 Å². The standard InChI is InChI=1S/C18H24N2O4/c1-12(19-10-9-18(2,3)17(23)24)8-11-20-15(21)13-6-4-5-7-14(13)16(20)22/h4-7,12,19H,8-11H2,1-3H3,(H,23,24). The Morgan fingerprint density at radius 2 is 1.75 bits per heavy atom. The Morgan fingerprint density at radius 3 is 2.25 bits per heavy atom. The van der Waals surface area contributed by atoms with Crippen molar-refractivity contribution in [1.29, 1.82) is 0 Å². The van der Waals surface area contributed by atoms with Crippen molar-refractivity contribution in [1.82, 2.24) is 10.2 Å². The lowest BCUT2D eigenvalue weighted by Gasteiger charge is -2.22. The molecule has 0 spiro atoms. The number of amides is 2. The number of hydrogen-bond acceptors (Lipinski definition) is 4. The smallest absolute Gasteiger partial charge is 0.309 e. The molecule has 0 saturated carbocycles. The summed E-state index contributed by atoms with van der Waals surface area (Å²) in [4.78, 5) is 36.9. The minimum absolute atomic E-state index is 0.0823. The maximum atomic E-state index is 12.3. The predicted octanol–water partition coefficient (Wildman–Crippen LogP) is 2.15. The van der Waals surface area contributed by atoms with Crippen LogP contribution in [0.25, 0.3) is 0 Å². The lowest BCUT2D eigenvalue weighted by molar-refractivity contribution is -0.147. The van der Waals surface area contributed by atoms with Crippen LogP contribution in [0.15, 0.2) is 24.3 Å². The number of imide groups is 1. The first-order valence-corrected chi connectivity index (χ1v) is 8.16. The van der Waals surface area contributed by atoms with Crippen LogP contribution in [0.1, 0.15) is 54.3 Å². The summed E-state index contributed by atoms with van der Waals surface area (Å²) in [7, 11) is 0. The molecule has 6 nitrogen and oxygen atoms in total. The summed E-state index contributed by atoms with van der Waals surface area (Å²) in [6, 6.07) is 6.93. The SMILES string of the molecule is CC(CCN1C(=O)c2ccccc2C1=O)NCCC(C)(C)C(=O)O. The predicted molar refractivity (Wildman–Crippen MR) is 89.9 cm³/mol. The van der Waals surface area contributed by atoms with E-state index in [1.54, 1.807) is 38.1 Å². The van der Waals surface area contributed by atoms with E-state index < -0.39 is 11.4 Å². The van der Waals surface area contributed by atoms with Gasteiger partial charge >= 0.3 is 5.97 Å². The highest BCUT2D eigenvalue weighted by Gasteiger charge is 2.34. The lowest BCUT2D eigenvalue weighted by Crippen LogP contribution is -2.37. The Kier molecular flexibility index (Phi) is 5.39. The third-order valence-corrected chi connectivity index (χ3v) is 4.49. The Labute approximate surface area is 141 Å². The highest BCUT2D eigenvalue weighted by Crippen LogP contribution is 2.23. The Morgan fingerprint density at radius 1 is 1.21 bits per heavy atom. The zero-order chi connectivity index (χ0) is 17.9. The molecule has 1 atom stereocenters. The fourth-order valence-electron chi connectivity index (χ4n) is 2.61. The first-order valence-electron chi connectivity index (χ1n) is 8.16. The van der Waals surface area contributed by atoms with E-state index in [2.05, 4.69) is 5.32 Å². The third kappa shape index (κ3) is 3.82. The molecule has 0 radical (unpaired) electrons. The van der Waals surface area contributed by atoms with E-state index in [4.69, 9.17) is 5.11 Å². The van der Waals surface area contributed by atoms with Crippen molar-refractivity contribution in [2.45, 2.75) is 39.7 Å². The number of carbonyl (C=O) groups is 3. The molecule has 2 rings (SSSR count). The van der Waals surface area contributed by atoms with Crippen molar-refractivity contribution in [2.75, 3.05) is 13.1 Å². The number of carbonyl (C=O) groups excluding carboxylic acids is 2. The van der Waals surface area contributed by atoms with Crippen molar-refractivity contribution >= 4 is 17.8 Å². The number of aliphatic carboxylic acids is 1. The van der Waals surface area contributed by atoms with Gasteiger partial charge in [0, 0.05) is 12.6 Å². The molecule has 130 valence electrons. The van der Waals surface area contributed by atoms with Gasteiger partial charge in [-0.3, -0.25) is 19.3 Å². The van der Waals surface area contributed by atoms with Crippen LogP contribution in [0, 0.1) is 5.41 Å². The molecule has 2 N–H and O–H groups in total. The average molecular weight is 332 g/mol. The number of hydrogen-bond donors (Lipinski definition) is 2. The zero-order valence-electron chi connectivity index (χ0n) is 14.3. The Bertz CT molecular complexity index is 619. The van der Waals surface area contributed by atoms with E-state index in [9.17, 15) is 14.4 Å². The summed E-state index contributed by atoms with van der Waals surface area (Å²) in [5.74, 6) is -1.30. The van der Waals surface area contributed by atoms with Gasteiger partial charge in [0.2, 0.25) is 0 Å². The van der Waals surface area contributed by atoms with Gasteiger partial charge in [-0.1, -0.05) is 12.1 Å². The van der Waals surface area contributed by atoms with Crippen LogP contribution in [-0.4, -0.2) is 46.9 Å². The molecule has 0 aromatic heterocycles. The molecule has 1 unspecified atom stereocenters. The van der Waals surface area contributed by atoms with Crippen LogP contribution in [0.5, 0.6) is 0 Å². The second kappa shape index (κ2) is 7.13. The second-order valence-corrected chi connectivity index (χ2v) is 6.89. The van der Waals surface area contributed by atoms with Crippen molar-refractivity contribution in [3.63, 3.8) is 0 Å². The summed E-state index contributed by atoms with van der Waals surface area (Å²) in [6.07, 6.45) is 1.14. The second-order valence-electron chi connectivity index (χ2n) is 6.89. The maximum absolute atomic E-state index is 12.3. The quantitative estimate of drug-likeness (QED) is 0.712. The first kappa shape index (κ1) is 18.1. The number of nitrogens with zero attached hydrogens (tertiary/aromatic N) is 1. The summed E-state index contributed by atoms with van der Waals surface area (Å²) in [5, 5.41) is 12.3. The summed E-state index contributed by atoms with van der Waals surface area (Å²) in [5.41, 5.74) is 0.160. The average Bonchev–Trinajstić information content (AvgIpc) is 2.77.